The SMILES string of the molecule is COC(=O)c1ccc(NC(=O)CNc2ccc(C(=O)NCc3ccco3)cc2)cc1. The zero-order chi connectivity index (χ0) is 21.3. The van der Waals surface area contributed by atoms with Crippen molar-refractivity contribution in [1.29, 1.82) is 0 Å². The lowest BCUT2D eigenvalue weighted by molar-refractivity contribution is -0.114. The van der Waals surface area contributed by atoms with Gasteiger partial charge in [0.15, 0.2) is 0 Å². The molecule has 2 aromatic carbocycles. The molecule has 0 saturated heterocycles. The van der Waals surface area contributed by atoms with E-state index in [0.29, 0.717) is 34.8 Å². The number of ether oxygens (including phenoxy) is 1. The number of methoxy groups -OCH3 is 1. The molecule has 1 heterocycles. The van der Waals surface area contributed by atoms with E-state index in [1.165, 1.54) is 7.11 Å². The molecule has 0 aliphatic heterocycles. The molecule has 8 heteroatoms. The quantitative estimate of drug-likeness (QED) is 0.495. The first-order valence-electron chi connectivity index (χ1n) is 9.18. The molecule has 3 rings (SSSR count). The first-order valence-corrected chi connectivity index (χ1v) is 9.18. The molecule has 2 amide bonds. The van der Waals surface area contributed by atoms with Gasteiger partial charge in [0.1, 0.15) is 5.76 Å². The van der Waals surface area contributed by atoms with E-state index in [-0.39, 0.29) is 18.4 Å². The summed E-state index contributed by atoms with van der Waals surface area (Å²) in [6, 6.07) is 16.7. The largest absolute Gasteiger partial charge is 0.467 e. The molecule has 0 spiro atoms. The second-order valence-corrected chi connectivity index (χ2v) is 6.31. The number of anilines is 2. The fraction of sp³-hybridized carbons (Fsp3) is 0.136. The van der Waals surface area contributed by atoms with Crippen LogP contribution in [0.3, 0.4) is 0 Å². The predicted octanol–water partition coefficient (Wildman–Crippen LogP) is 3.05. The molecule has 0 radical (unpaired) electrons. The lowest BCUT2D eigenvalue weighted by atomic mass is 10.2. The third kappa shape index (κ3) is 5.71. The number of hydrogen-bond donors (Lipinski definition) is 3. The van der Waals surface area contributed by atoms with Crippen molar-refractivity contribution in [2.45, 2.75) is 6.54 Å². The van der Waals surface area contributed by atoms with Gasteiger partial charge in [-0.3, -0.25) is 9.59 Å². The van der Waals surface area contributed by atoms with Crippen LogP contribution in [0.5, 0.6) is 0 Å². The van der Waals surface area contributed by atoms with Gasteiger partial charge < -0.3 is 25.1 Å². The van der Waals surface area contributed by atoms with Crippen molar-refractivity contribution in [3.05, 3.63) is 83.8 Å². The van der Waals surface area contributed by atoms with E-state index < -0.39 is 5.97 Å². The first-order chi connectivity index (χ1) is 14.5. The Morgan fingerprint density at radius 1 is 0.900 bits per heavy atom. The van der Waals surface area contributed by atoms with Gasteiger partial charge in [-0.2, -0.15) is 0 Å². The maximum Gasteiger partial charge on any atom is 0.337 e. The molecule has 0 aliphatic rings. The minimum atomic E-state index is -0.437. The Bertz CT molecular complexity index is 996. The van der Waals surface area contributed by atoms with Crippen molar-refractivity contribution in [2.75, 3.05) is 24.3 Å². The highest BCUT2D eigenvalue weighted by Gasteiger charge is 2.08. The van der Waals surface area contributed by atoms with Gasteiger partial charge in [-0.1, -0.05) is 0 Å². The van der Waals surface area contributed by atoms with Crippen LogP contribution in [0.25, 0.3) is 0 Å². The first kappa shape index (κ1) is 20.7. The minimum absolute atomic E-state index is 0.0444. The number of esters is 1. The Hall–Kier alpha value is -4.07. The van der Waals surface area contributed by atoms with E-state index in [0.717, 1.165) is 0 Å². The summed E-state index contributed by atoms with van der Waals surface area (Å²) in [4.78, 5) is 35.6. The Morgan fingerprint density at radius 2 is 1.57 bits per heavy atom. The van der Waals surface area contributed by atoms with Crippen LogP contribution in [0.4, 0.5) is 11.4 Å². The Morgan fingerprint density at radius 3 is 2.20 bits per heavy atom. The topological polar surface area (TPSA) is 110 Å². The molecular formula is C22H21N3O5. The van der Waals surface area contributed by atoms with Crippen molar-refractivity contribution >= 4 is 29.2 Å². The number of rotatable bonds is 8. The third-order valence-electron chi connectivity index (χ3n) is 4.19. The van der Waals surface area contributed by atoms with Crippen LogP contribution in [-0.4, -0.2) is 31.4 Å². The van der Waals surface area contributed by atoms with E-state index in [2.05, 4.69) is 20.7 Å². The lowest BCUT2D eigenvalue weighted by Crippen LogP contribution is -2.23. The smallest absolute Gasteiger partial charge is 0.337 e. The van der Waals surface area contributed by atoms with Gasteiger partial charge in [0.25, 0.3) is 5.91 Å². The van der Waals surface area contributed by atoms with Gasteiger partial charge in [-0.15, -0.1) is 0 Å². The van der Waals surface area contributed by atoms with Crippen LogP contribution in [0, 0.1) is 0 Å². The summed E-state index contributed by atoms with van der Waals surface area (Å²) < 4.78 is 9.81. The van der Waals surface area contributed by atoms with Crippen molar-refractivity contribution in [3.63, 3.8) is 0 Å². The zero-order valence-electron chi connectivity index (χ0n) is 16.3. The summed E-state index contributed by atoms with van der Waals surface area (Å²) in [5.74, 6) is -0.229. The van der Waals surface area contributed by atoms with Crippen molar-refractivity contribution < 1.29 is 23.5 Å². The summed E-state index contributed by atoms with van der Waals surface area (Å²) in [5, 5.41) is 8.49. The molecule has 3 N–H and O–H groups in total. The summed E-state index contributed by atoms with van der Waals surface area (Å²) >= 11 is 0. The van der Waals surface area contributed by atoms with Crippen molar-refractivity contribution in [1.82, 2.24) is 5.32 Å². The van der Waals surface area contributed by atoms with Gasteiger partial charge in [0.2, 0.25) is 5.91 Å². The molecule has 154 valence electrons. The molecule has 0 fully saturated rings. The number of furan rings is 1. The molecule has 0 aliphatic carbocycles. The van der Waals surface area contributed by atoms with E-state index in [9.17, 15) is 14.4 Å². The normalized spacial score (nSPS) is 10.2. The Balaban J connectivity index is 1.45. The Kier molecular flexibility index (Phi) is 6.83. The lowest BCUT2D eigenvalue weighted by Gasteiger charge is -2.09. The van der Waals surface area contributed by atoms with Gasteiger partial charge in [0, 0.05) is 16.9 Å². The maximum atomic E-state index is 12.1. The predicted molar refractivity (Wildman–Crippen MR) is 111 cm³/mol. The molecule has 30 heavy (non-hydrogen) atoms. The van der Waals surface area contributed by atoms with E-state index in [1.54, 1.807) is 66.9 Å². The maximum absolute atomic E-state index is 12.1. The van der Waals surface area contributed by atoms with Gasteiger partial charge >= 0.3 is 5.97 Å². The average molecular weight is 407 g/mol. The second kappa shape index (κ2) is 9.92. The average Bonchev–Trinajstić information content (AvgIpc) is 3.30. The molecule has 3 aromatic rings. The van der Waals surface area contributed by atoms with Crippen LogP contribution in [-0.2, 0) is 16.1 Å². The number of hydrogen-bond acceptors (Lipinski definition) is 6. The molecule has 1 aromatic heterocycles. The monoisotopic (exact) mass is 407 g/mol. The minimum Gasteiger partial charge on any atom is -0.467 e. The van der Waals surface area contributed by atoms with Crippen LogP contribution in [0.15, 0.2) is 71.3 Å². The third-order valence-corrected chi connectivity index (χ3v) is 4.19. The second-order valence-electron chi connectivity index (χ2n) is 6.31. The standard InChI is InChI=1S/C22H21N3O5/c1-29-22(28)16-6-10-18(11-7-16)25-20(26)14-23-17-8-4-15(5-9-17)21(27)24-13-19-3-2-12-30-19/h2-12,23H,13-14H2,1H3,(H,24,27)(H,25,26). The van der Waals surface area contributed by atoms with Gasteiger partial charge in [-0.05, 0) is 60.7 Å². The number of carbonyl (C=O) groups excluding carboxylic acids is 3. The zero-order valence-corrected chi connectivity index (χ0v) is 16.3. The highest BCUT2D eigenvalue weighted by Crippen LogP contribution is 2.12. The summed E-state index contributed by atoms with van der Waals surface area (Å²) in [7, 11) is 1.31. The molecule has 0 saturated carbocycles. The molecule has 8 nitrogen and oxygen atoms in total. The van der Waals surface area contributed by atoms with Crippen molar-refractivity contribution in [2.24, 2.45) is 0 Å². The van der Waals surface area contributed by atoms with Crippen LogP contribution < -0.4 is 16.0 Å². The van der Waals surface area contributed by atoms with Gasteiger partial charge in [0.05, 0.1) is 32.0 Å². The molecule has 0 unspecified atom stereocenters. The summed E-state index contributed by atoms with van der Waals surface area (Å²) in [5.41, 5.74) is 2.18. The summed E-state index contributed by atoms with van der Waals surface area (Å²) in [6.07, 6.45) is 1.55. The highest BCUT2D eigenvalue weighted by molar-refractivity contribution is 5.96. The molecular weight excluding hydrogens is 386 g/mol. The van der Waals surface area contributed by atoms with E-state index in [1.807, 2.05) is 0 Å². The van der Waals surface area contributed by atoms with Crippen LogP contribution in [0.2, 0.25) is 0 Å². The number of carbonyl (C=O) groups is 3. The van der Waals surface area contributed by atoms with E-state index in [4.69, 9.17) is 4.42 Å². The van der Waals surface area contributed by atoms with Crippen LogP contribution in [0.1, 0.15) is 26.5 Å². The molecule has 0 bridgehead atoms. The fourth-order valence-electron chi connectivity index (χ4n) is 2.62. The number of amides is 2. The summed E-state index contributed by atoms with van der Waals surface area (Å²) in [6.45, 7) is 0.357. The fourth-order valence-corrected chi connectivity index (χ4v) is 2.62. The van der Waals surface area contributed by atoms with Crippen molar-refractivity contribution in [3.8, 4) is 0 Å². The number of nitrogens with one attached hydrogen (secondary N) is 3. The molecule has 0 atom stereocenters. The highest BCUT2D eigenvalue weighted by atomic mass is 16.5. The van der Waals surface area contributed by atoms with Crippen LogP contribution >= 0.6 is 0 Å². The number of benzene rings is 2. The van der Waals surface area contributed by atoms with E-state index >= 15 is 0 Å². The Labute approximate surface area is 173 Å². The van der Waals surface area contributed by atoms with Gasteiger partial charge in [-0.25, -0.2) is 4.79 Å².